The number of aromatic nitrogens is 1. The summed E-state index contributed by atoms with van der Waals surface area (Å²) in [6.07, 6.45) is 2.49. The number of hydrogen-bond acceptors (Lipinski definition) is 9. The molecule has 49 heavy (non-hydrogen) atoms. The van der Waals surface area contributed by atoms with Crippen molar-refractivity contribution in [3.05, 3.63) is 93.8 Å². The van der Waals surface area contributed by atoms with Crippen LogP contribution in [0.15, 0.2) is 65.6 Å². The normalized spacial score (nSPS) is 21.3. The topological polar surface area (TPSA) is 120 Å². The molecule has 1 N–H and O–H groups in total. The summed E-state index contributed by atoms with van der Waals surface area (Å²) < 4.78 is 55.5. The van der Waals surface area contributed by atoms with Gasteiger partial charge in [0.05, 0.1) is 42.4 Å². The Bertz CT molecular complexity index is 2020. The fraction of sp³-hybridized carbons (Fsp3) is 0.361. The van der Waals surface area contributed by atoms with E-state index in [0.29, 0.717) is 24.2 Å². The molecule has 3 aliphatic heterocycles. The first-order chi connectivity index (χ1) is 23.8. The second-order valence-electron chi connectivity index (χ2n) is 12.9. The van der Waals surface area contributed by atoms with Gasteiger partial charge in [0.15, 0.2) is 23.1 Å². The first kappa shape index (κ1) is 31.1. The second kappa shape index (κ2) is 12.4. The van der Waals surface area contributed by atoms with Crippen LogP contribution in [0.25, 0.3) is 10.9 Å². The Hall–Kier alpha value is -5.17. The third-order valence-electron chi connectivity index (χ3n) is 9.56. The van der Waals surface area contributed by atoms with Gasteiger partial charge < -0.3 is 33.5 Å². The summed E-state index contributed by atoms with van der Waals surface area (Å²) in [5, 5.41) is 9.34. The van der Waals surface area contributed by atoms with Gasteiger partial charge >= 0.3 is 12.1 Å². The minimum absolute atomic E-state index is 0.00225. The Balaban J connectivity index is 1.02. The number of cyclic esters (lactones) is 1. The van der Waals surface area contributed by atoms with E-state index in [1.165, 1.54) is 29.3 Å². The average Bonchev–Trinajstić information content (AvgIpc) is 3.75. The molecule has 1 saturated carbocycles. The number of hydrogen-bond donors (Lipinski definition) is 1. The molecule has 4 heterocycles. The summed E-state index contributed by atoms with van der Waals surface area (Å²) in [4.78, 5) is 42.0. The van der Waals surface area contributed by atoms with Crippen LogP contribution in [0.3, 0.4) is 0 Å². The predicted molar refractivity (Wildman–Crippen MR) is 173 cm³/mol. The van der Waals surface area contributed by atoms with E-state index in [-0.39, 0.29) is 79.1 Å². The molecule has 1 amide bonds. The molecular formula is C36H33F2N3O8. The van der Waals surface area contributed by atoms with Gasteiger partial charge in [-0.15, -0.1) is 0 Å². The van der Waals surface area contributed by atoms with E-state index in [9.17, 15) is 19.5 Å². The Morgan fingerprint density at radius 2 is 1.82 bits per heavy atom. The van der Waals surface area contributed by atoms with Crippen molar-refractivity contribution in [2.75, 3.05) is 42.7 Å². The van der Waals surface area contributed by atoms with Crippen molar-refractivity contribution in [1.29, 1.82) is 0 Å². The second-order valence-corrected chi connectivity index (χ2v) is 12.9. The van der Waals surface area contributed by atoms with Gasteiger partial charge in [-0.25, -0.2) is 18.4 Å². The average molecular weight is 674 g/mol. The van der Waals surface area contributed by atoms with Crippen LogP contribution in [0.4, 0.5) is 25.0 Å². The maximum atomic E-state index is 16.0. The number of ether oxygens (including phenoxy) is 4. The number of anilines is 2. The molecule has 254 valence electrons. The fourth-order valence-electron chi connectivity index (χ4n) is 6.99. The summed E-state index contributed by atoms with van der Waals surface area (Å²) in [5.74, 6) is -1.85. The van der Waals surface area contributed by atoms with E-state index in [1.54, 1.807) is 6.07 Å². The van der Waals surface area contributed by atoms with E-state index < -0.39 is 35.2 Å². The first-order valence-corrected chi connectivity index (χ1v) is 16.3. The van der Waals surface area contributed by atoms with Gasteiger partial charge in [0.1, 0.15) is 30.6 Å². The van der Waals surface area contributed by atoms with Crippen LogP contribution in [0.2, 0.25) is 0 Å². The van der Waals surface area contributed by atoms with Gasteiger partial charge in [-0.1, -0.05) is 30.3 Å². The summed E-state index contributed by atoms with van der Waals surface area (Å²) >= 11 is 0. The maximum absolute atomic E-state index is 16.0. The lowest BCUT2D eigenvalue weighted by atomic mass is 10.1. The molecule has 0 spiro atoms. The van der Waals surface area contributed by atoms with Gasteiger partial charge in [-0.05, 0) is 43.0 Å². The number of carbonyl (C=O) groups excluding carboxylic acids is 2. The highest BCUT2D eigenvalue weighted by atomic mass is 19.1. The number of nitrogens with zero attached hydrogens (tertiary/aromatic N) is 3. The number of pyridine rings is 1. The lowest BCUT2D eigenvalue weighted by molar-refractivity contribution is 0.0470. The van der Waals surface area contributed by atoms with Crippen LogP contribution in [-0.2, 0) is 16.1 Å². The van der Waals surface area contributed by atoms with E-state index in [2.05, 4.69) is 0 Å². The number of aliphatic hydroxyl groups excluding tert-OH is 1. The van der Waals surface area contributed by atoms with Gasteiger partial charge in [-0.2, -0.15) is 0 Å². The van der Waals surface area contributed by atoms with Crippen LogP contribution in [0.5, 0.6) is 11.5 Å². The van der Waals surface area contributed by atoms with Crippen molar-refractivity contribution < 1.29 is 42.4 Å². The molecule has 8 rings (SSSR count). The molecule has 0 radical (unpaired) electrons. The number of aliphatic hydroxyl groups is 1. The molecule has 4 aromatic rings. The quantitative estimate of drug-likeness (QED) is 0.246. The molecule has 3 aromatic carbocycles. The molecule has 3 fully saturated rings. The van der Waals surface area contributed by atoms with Gasteiger partial charge in [-0.3, -0.25) is 9.69 Å². The van der Waals surface area contributed by atoms with E-state index in [4.69, 9.17) is 18.9 Å². The molecule has 1 unspecified atom stereocenters. The number of halogens is 2. The number of esters is 1. The smallest absolute Gasteiger partial charge is 0.414 e. The largest absolute Gasteiger partial charge is 0.490 e. The highest BCUT2D eigenvalue weighted by Gasteiger charge is 2.41. The minimum Gasteiger partial charge on any atom is -0.490 e. The van der Waals surface area contributed by atoms with Crippen LogP contribution < -0.4 is 24.7 Å². The Morgan fingerprint density at radius 1 is 1.00 bits per heavy atom. The molecule has 1 aliphatic carbocycles. The zero-order valence-corrected chi connectivity index (χ0v) is 26.3. The van der Waals surface area contributed by atoms with Crippen molar-refractivity contribution in [2.24, 2.45) is 5.92 Å². The van der Waals surface area contributed by atoms with Crippen molar-refractivity contribution in [3.8, 4) is 11.5 Å². The molecule has 11 nitrogen and oxygen atoms in total. The standard InChI is InChI=1S/C36H33F2N3O8/c37-28-11-23(41-14-25(16-42)49-36(41)45)8-9-30(28)46-18-21-10-24-19-47-34-31-26(12-29(38)32(34)39(24)13-21)33(43)27(15-40(31)22-6-7-22)35(44)48-17-20-4-2-1-3-5-20/h1-5,8-9,11-12,15,21-22,24-25,42H,6-7,10,13-14,16-19H2/t21-,24-,25?/m0/s1. The van der Waals surface area contributed by atoms with Gasteiger partial charge in [0.2, 0.25) is 5.43 Å². The summed E-state index contributed by atoms with van der Waals surface area (Å²) in [6.45, 7) is 0.626. The van der Waals surface area contributed by atoms with E-state index >= 15 is 8.78 Å². The molecule has 0 bridgehead atoms. The first-order valence-electron chi connectivity index (χ1n) is 16.3. The zero-order chi connectivity index (χ0) is 33.8. The number of carbonyl (C=O) groups is 2. The summed E-state index contributed by atoms with van der Waals surface area (Å²) in [7, 11) is 0. The summed E-state index contributed by atoms with van der Waals surface area (Å²) in [5.41, 5.74) is 1.01. The van der Waals surface area contributed by atoms with Crippen LogP contribution in [0.1, 0.15) is 41.2 Å². The third-order valence-corrected chi connectivity index (χ3v) is 9.56. The van der Waals surface area contributed by atoms with Crippen LogP contribution in [-0.4, -0.2) is 66.8 Å². The molecule has 3 atom stereocenters. The number of rotatable bonds is 9. The molecule has 13 heteroatoms. The monoisotopic (exact) mass is 673 g/mol. The molecule has 1 aromatic heterocycles. The Kier molecular flexibility index (Phi) is 7.86. The number of amides is 1. The Labute approximate surface area is 279 Å². The predicted octanol–water partition coefficient (Wildman–Crippen LogP) is 4.96. The SMILES string of the molecule is O=C(OCc1ccccc1)c1cn(C2CC2)c2c3c(c(F)cc2c1=O)N1C[C@@H](COc2ccc(N4CC(CO)OC4=O)cc2F)C[C@H]1CO3. The summed E-state index contributed by atoms with van der Waals surface area (Å²) in [6, 6.07) is 14.4. The highest BCUT2D eigenvalue weighted by Crippen LogP contribution is 2.48. The molecule has 2 saturated heterocycles. The lowest BCUT2D eigenvalue weighted by Gasteiger charge is -2.34. The van der Waals surface area contributed by atoms with Gasteiger partial charge in [0.25, 0.3) is 0 Å². The van der Waals surface area contributed by atoms with Crippen molar-refractivity contribution >= 4 is 34.3 Å². The van der Waals surface area contributed by atoms with Crippen molar-refractivity contribution in [2.45, 2.75) is 44.1 Å². The lowest BCUT2D eigenvalue weighted by Crippen LogP contribution is -2.39. The fourth-order valence-corrected chi connectivity index (χ4v) is 6.99. The Morgan fingerprint density at radius 3 is 2.55 bits per heavy atom. The van der Waals surface area contributed by atoms with Crippen molar-refractivity contribution in [3.63, 3.8) is 0 Å². The molecular weight excluding hydrogens is 640 g/mol. The zero-order valence-electron chi connectivity index (χ0n) is 26.3. The third kappa shape index (κ3) is 5.71. The van der Waals surface area contributed by atoms with Crippen LogP contribution >= 0.6 is 0 Å². The highest BCUT2D eigenvalue weighted by molar-refractivity contribution is 5.98. The van der Waals surface area contributed by atoms with E-state index in [1.807, 2.05) is 39.8 Å². The number of benzene rings is 3. The van der Waals surface area contributed by atoms with Gasteiger partial charge in [0, 0.05) is 30.8 Å². The molecule has 4 aliphatic rings. The van der Waals surface area contributed by atoms with E-state index in [0.717, 1.165) is 18.4 Å². The van der Waals surface area contributed by atoms with Crippen molar-refractivity contribution in [1.82, 2.24) is 4.57 Å². The number of fused-ring (bicyclic) bond motifs is 5. The minimum atomic E-state index is -0.772. The van der Waals surface area contributed by atoms with Crippen LogP contribution in [0, 0.1) is 17.6 Å². The maximum Gasteiger partial charge on any atom is 0.414 e.